The van der Waals surface area contributed by atoms with Crippen LogP contribution in [0.4, 0.5) is 18.9 Å². The van der Waals surface area contributed by atoms with Gasteiger partial charge in [0.15, 0.2) is 6.61 Å². The monoisotopic (exact) mass is 458 g/mol. The van der Waals surface area contributed by atoms with E-state index in [4.69, 9.17) is 14.6 Å². The van der Waals surface area contributed by atoms with Crippen molar-refractivity contribution >= 4 is 11.7 Å². The highest BCUT2D eigenvalue weighted by Crippen LogP contribution is 2.36. The predicted molar refractivity (Wildman–Crippen MR) is 115 cm³/mol. The van der Waals surface area contributed by atoms with Crippen LogP contribution in [0.25, 0.3) is 11.1 Å². The number of rotatable bonds is 7. The minimum atomic E-state index is -4.45. The predicted octanol–water partition coefficient (Wildman–Crippen LogP) is 4.89. The van der Waals surface area contributed by atoms with Gasteiger partial charge in [-0.05, 0) is 29.3 Å². The zero-order valence-corrected chi connectivity index (χ0v) is 17.5. The lowest BCUT2D eigenvalue weighted by Crippen LogP contribution is -2.25. The van der Waals surface area contributed by atoms with Crippen molar-refractivity contribution < 1.29 is 32.5 Å². The number of nitrogens with zero attached hydrogens (tertiary/aromatic N) is 2. The summed E-state index contributed by atoms with van der Waals surface area (Å²) in [6.45, 7) is 0.588. The number of aliphatic carboxylic acids is 1. The molecule has 1 N–H and O–H groups in total. The number of aromatic nitrogens is 1. The maximum Gasteiger partial charge on any atom is 0.417 e. The second-order valence-corrected chi connectivity index (χ2v) is 7.59. The summed E-state index contributed by atoms with van der Waals surface area (Å²) < 4.78 is 49.5. The van der Waals surface area contributed by atoms with Crippen LogP contribution in [0.2, 0.25) is 0 Å². The Morgan fingerprint density at radius 3 is 2.55 bits per heavy atom. The van der Waals surface area contributed by atoms with Crippen molar-refractivity contribution in [2.45, 2.75) is 18.7 Å². The summed E-state index contributed by atoms with van der Waals surface area (Å²) in [6.07, 6.45) is -3.35. The summed E-state index contributed by atoms with van der Waals surface area (Å²) in [4.78, 5) is 16.8. The maximum absolute atomic E-state index is 12.7. The molecule has 1 fully saturated rings. The molecule has 0 radical (unpaired) electrons. The van der Waals surface area contributed by atoms with Crippen LogP contribution in [0, 0.1) is 0 Å². The van der Waals surface area contributed by atoms with E-state index in [9.17, 15) is 18.0 Å². The molecule has 172 valence electrons. The summed E-state index contributed by atoms with van der Waals surface area (Å²) in [5, 5.41) is 9.06. The molecule has 0 aliphatic carbocycles. The van der Waals surface area contributed by atoms with Gasteiger partial charge in [-0.15, -0.1) is 0 Å². The highest BCUT2D eigenvalue weighted by molar-refractivity contribution is 5.73. The molecular formula is C24H21F3N2O4. The van der Waals surface area contributed by atoms with Crippen LogP contribution < -0.4 is 14.4 Å². The molecule has 3 aromatic rings. The van der Waals surface area contributed by atoms with Crippen molar-refractivity contribution in [1.29, 1.82) is 0 Å². The number of halogens is 3. The van der Waals surface area contributed by atoms with Gasteiger partial charge in [0.25, 0.3) is 0 Å². The fourth-order valence-corrected chi connectivity index (χ4v) is 3.67. The summed E-state index contributed by atoms with van der Waals surface area (Å²) >= 11 is 0. The lowest BCUT2D eigenvalue weighted by Gasteiger charge is -2.22. The third kappa shape index (κ3) is 5.54. The zero-order valence-electron chi connectivity index (χ0n) is 17.5. The molecule has 0 amide bonds. The SMILES string of the molecule is O=C(O)COc1cc(-c2ccccc2)ccc1N1CC[C@H](Oc2ccc(C(F)(F)F)cn2)C1. The van der Waals surface area contributed by atoms with Gasteiger partial charge in [0, 0.05) is 25.2 Å². The van der Waals surface area contributed by atoms with Crippen LogP contribution in [-0.4, -0.2) is 41.9 Å². The van der Waals surface area contributed by atoms with E-state index >= 15 is 0 Å². The molecule has 1 atom stereocenters. The van der Waals surface area contributed by atoms with Crippen LogP contribution in [0.3, 0.4) is 0 Å². The zero-order chi connectivity index (χ0) is 23.4. The van der Waals surface area contributed by atoms with Crippen molar-refractivity contribution in [1.82, 2.24) is 4.98 Å². The van der Waals surface area contributed by atoms with E-state index in [0.29, 0.717) is 25.3 Å². The Hall–Kier alpha value is -3.75. The maximum atomic E-state index is 12.7. The van der Waals surface area contributed by atoms with Crippen molar-refractivity contribution in [3.05, 3.63) is 72.4 Å². The number of anilines is 1. The first-order valence-electron chi connectivity index (χ1n) is 10.3. The highest BCUT2D eigenvalue weighted by Gasteiger charge is 2.31. The molecule has 0 spiro atoms. The Labute approximate surface area is 188 Å². The Kier molecular flexibility index (Phi) is 6.39. The van der Waals surface area contributed by atoms with Gasteiger partial charge in [0.1, 0.15) is 11.9 Å². The smallest absolute Gasteiger partial charge is 0.417 e. The second kappa shape index (κ2) is 9.40. The lowest BCUT2D eigenvalue weighted by molar-refractivity contribution is -0.139. The van der Waals surface area contributed by atoms with E-state index in [1.165, 1.54) is 6.07 Å². The molecule has 2 heterocycles. The number of carbonyl (C=O) groups is 1. The number of hydrogen-bond donors (Lipinski definition) is 1. The van der Waals surface area contributed by atoms with E-state index in [2.05, 4.69) is 4.98 Å². The Bertz CT molecular complexity index is 1100. The first-order chi connectivity index (χ1) is 15.8. The third-order valence-electron chi connectivity index (χ3n) is 5.25. The van der Waals surface area contributed by atoms with E-state index in [0.717, 1.165) is 29.1 Å². The first-order valence-corrected chi connectivity index (χ1v) is 10.3. The van der Waals surface area contributed by atoms with Gasteiger partial charge in [-0.3, -0.25) is 0 Å². The molecule has 0 bridgehead atoms. The minimum Gasteiger partial charge on any atom is -0.480 e. The number of benzene rings is 2. The molecule has 0 unspecified atom stereocenters. The van der Waals surface area contributed by atoms with Gasteiger partial charge < -0.3 is 19.5 Å². The van der Waals surface area contributed by atoms with Crippen molar-refractivity contribution in [2.75, 3.05) is 24.6 Å². The van der Waals surface area contributed by atoms with Crippen LogP contribution in [0.15, 0.2) is 66.9 Å². The number of hydrogen-bond acceptors (Lipinski definition) is 5. The molecule has 1 saturated heterocycles. The minimum absolute atomic E-state index is 0.122. The van der Waals surface area contributed by atoms with Crippen molar-refractivity contribution in [2.24, 2.45) is 0 Å². The van der Waals surface area contributed by atoms with Crippen LogP contribution >= 0.6 is 0 Å². The molecule has 1 aliphatic rings. The number of carboxylic acid groups (broad SMARTS) is 1. The lowest BCUT2D eigenvalue weighted by atomic mass is 10.0. The average Bonchev–Trinajstić information content (AvgIpc) is 3.26. The summed E-state index contributed by atoms with van der Waals surface area (Å²) in [6, 6.07) is 17.4. The summed E-state index contributed by atoms with van der Waals surface area (Å²) in [5.74, 6) is -0.522. The van der Waals surface area contributed by atoms with E-state index in [1.807, 2.05) is 47.4 Å². The molecule has 0 saturated carbocycles. The molecule has 4 rings (SSSR count). The van der Waals surface area contributed by atoms with E-state index in [-0.39, 0.29) is 12.0 Å². The topological polar surface area (TPSA) is 71.9 Å². The van der Waals surface area contributed by atoms with Gasteiger partial charge in [0.05, 0.1) is 17.8 Å². The summed E-state index contributed by atoms with van der Waals surface area (Å²) in [5.41, 5.74) is 1.75. The van der Waals surface area contributed by atoms with Crippen LogP contribution in [0.1, 0.15) is 12.0 Å². The van der Waals surface area contributed by atoms with Gasteiger partial charge in [-0.2, -0.15) is 13.2 Å². The quantitative estimate of drug-likeness (QED) is 0.544. The molecular weight excluding hydrogens is 437 g/mol. The van der Waals surface area contributed by atoms with Crippen LogP contribution in [-0.2, 0) is 11.0 Å². The Balaban J connectivity index is 1.49. The van der Waals surface area contributed by atoms with Crippen LogP contribution in [0.5, 0.6) is 11.6 Å². The molecule has 9 heteroatoms. The Morgan fingerprint density at radius 2 is 1.88 bits per heavy atom. The normalized spacial score (nSPS) is 16.0. The van der Waals surface area contributed by atoms with Gasteiger partial charge in [0.2, 0.25) is 5.88 Å². The molecule has 1 aliphatic heterocycles. The number of pyridine rings is 1. The van der Waals surface area contributed by atoms with E-state index < -0.39 is 24.3 Å². The largest absolute Gasteiger partial charge is 0.480 e. The number of alkyl halides is 3. The Morgan fingerprint density at radius 1 is 1.09 bits per heavy atom. The van der Waals surface area contributed by atoms with Gasteiger partial charge in [-0.25, -0.2) is 9.78 Å². The number of carboxylic acids is 1. The second-order valence-electron chi connectivity index (χ2n) is 7.59. The van der Waals surface area contributed by atoms with Crippen molar-refractivity contribution in [3.63, 3.8) is 0 Å². The first kappa shape index (κ1) is 22.4. The van der Waals surface area contributed by atoms with Crippen molar-refractivity contribution in [3.8, 4) is 22.8 Å². The molecule has 1 aromatic heterocycles. The van der Waals surface area contributed by atoms with Gasteiger partial charge >= 0.3 is 12.1 Å². The fraction of sp³-hybridized carbons (Fsp3) is 0.250. The summed E-state index contributed by atoms with van der Waals surface area (Å²) in [7, 11) is 0. The van der Waals surface area contributed by atoms with Gasteiger partial charge in [-0.1, -0.05) is 36.4 Å². The van der Waals surface area contributed by atoms with E-state index in [1.54, 1.807) is 6.07 Å². The average molecular weight is 458 g/mol. The molecule has 2 aromatic carbocycles. The highest BCUT2D eigenvalue weighted by atomic mass is 19.4. The fourth-order valence-electron chi connectivity index (χ4n) is 3.67. The standard InChI is InChI=1S/C24H21F3N2O4/c25-24(26,27)18-7-9-22(28-13-18)33-19-10-11-29(14-19)20-8-6-17(16-4-2-1-3-5-16)12-21(20)32-15-23(30)31/h1-9,12-13,19H,10-11,14-15H2,(H,30,31)/t19-/m0/s1. The number of ether oxygens (including phenoxy) is 2. The molecule has 33 heavy (non-hydrogen) atoms. The third-order valence-corrected chi connectivity index (χ3v) is 5.25. The molecule has 6 nitrogen and oxygen atoms in total.